The van der Waals surface area contributed by atoms with Crippen LogP contribution >= 0.6 is 0 Å². The topological polar surface area (TPSA) is 68.4 Å². The first-order valence-electron chi connectivity index (χ1n) is 13.6. The molecule has 0 radical (unpaired) electrons. The number of anilines is 1. The second-order valence-corrected chi connectivity index (χ2v) is 10.3. The highest BCUT2D eigenvalue weighted by Gasteiger charge is 2.44. The Kier molecular flexibility index (Phi) is 7.45. The Balaban J connectivity index is 1.60. The lowest BCUT2D eigenvalue weighted by atomic mass is 9.90. The van der Waals surface area contributed by atoms with Gasteiger partial charge in [0.2, 0.25) is 0 Å². The summed E-state index contributed by atoms with van der Waals surface area (Å²) in [7, 11) is 1.69. The number of hydrogen-bond acceptors (Lipinski definition) is 5. The summed E-state index contributed by atoms with van der Waals surface area (Å²) in [6, 6.07) is 5.26. The Morgan fingerprint density at radius 1 is 1.10 bits per heavy atom. The predicted octanol–water partition coefficient (Wildman–Crippen LogP) is 5.73. The molecule has 5 rings (SSSR count). The fraction of sp³-hybridized carbons (Fsp3) is 0.536. The van der Waals surface area contributed by atoms with Gasteiger partial charge in [-0.3, -0.25) is 14.0 Å². The van der Waals surface area contributed by atoms with E-state index in [-0.39, 0.29) is 12.5 Å². The van der Waals surface area contributed by atoms with E-state index in [1.165, 1.54) is 6.07 Å². The molecule has 0 bridgehead atoms. The van der Waals surface area contributed by atoms with Crippen molar-refractivity contribution in [3.8, 4) is 11.4 Å². The van der Waals surface area contributed by atoms with E-state index in [0.29, 0.717) is 48.2 Å². The third kappa shape index (κ3) is 5.04. The Labute approximate surface area is 226 Å². The van der Waals surface area contributed by atoms with E-state index in [0.717, 1.165) is 50.7 Å². The monoisotopic (exact) mass is 544 g/mol. The first kappa shape index (κ1) is 27.2. The van der Waals surface area contributed by atoms with Crippen molar-refractivity contribution in [1.29, 1.82) is 0 Å². The molecule has 11 heteroatoms. The van der Waals surface area contributed by atoms with E-state index < -0.39 is 17.5 Å². The van der Waals surface area contributed by atoms with E-state index in [1.807, 2.05) is 16.4 Å². The summed E-state index contributed by atoms with van der Waals surface area (Å²) in [6.07, 6.45) is 4.43. The number of methoxy groups -OCH3 is 1. The molecule has 1 fully saturated rings. The first-order chi connectivity index (χ1) is 18.7. The van der Waals surface area contributed by atoms with Crippen molar-refractivity contribution in [3.63, 3.8) is 0 Å². The van der Waals surface area contributed by atoms with Crippen LogP contribution in [0.2, 0.25) is 0 Å². The minimum absolute atomic E-state index is 0.0614. The van der Waals surface area contributed by atoms with Crippen molar-refractivity contribution in [2.75, 3.05) is 31.8 Å². The van der Waals surface area contributed by atoms with Crippen molar-refractivity contribution in [2.24, 2.45) is 0 Å². The SMILES string of the molecule is CCCN1CN(CC)c2nc(-c3cnn(Cc4cccc(C(F)(F)F)c4)c3)n(C3(OC)CCCCC3)c2C1=O. The summed E-state index contributed by atoms with van der Waals surface area (Å²) >= 11 is 0. The van der Waals surface area contributed by atoms with Crippen LogP contribution in [-0.2, 0) is 23.2 Å². The number of fused-ring (bicyclic) bond motifs is 1. The Hall–Kier alpha value is -3.34. The number of nitrogens with zero attached hydrogens (tertiary/aromatic N) is 6. The third-order valence-electron chi connectivity index (χ3n) is 7.78. The van der Waals surface area contributed by atoms with Gasteiger partial charge in [-0.25, -0.2) is 4.98 Å². The molecule has 3 heterocycles. The molecule has 1 aromatic carbocycles. The van der Waals surface area contributed by atoms with E-state index in [1.54, 1.807) is 30.3 Å². The number of amides is 1. The van der Waals surface area contributed by atoms with Gasteiger partial charge in [0.1, 0.15) is 11.5 Å². The van der Waals surface area contributed by atoms with Crippen LogP contribution in [0.25, 0.3) is 11.4 Å². The van der Waals surface area contributed by atoms with Crippen LogP contribution in [0.15, 0.2) is 36.7 Å². The molecule has 1 aliphatic carbocycles. The molecule has 1 aliphatic heterocycles. The van der Waals surface area contributed by atoms with Gasteiger partial charge in [-0.15, -0.1) is 0 Å². The highest BCUT2D eigenvalue weighted by atomic mass is 19.4. The number of benzene rings is 1. The summed E-state index contributed by atoms with van der Waals surface area (Å²) in [6.45, 7) is 6.07. The number of alkyl halides is 3. The number of hydrogen-bond donors (Lipinski definition) is 0. The maximum absolute atomic E-state index is 13.9. The van der Waals surface area contributed by atoms with Gasteiger partial charge in [-0.2, -0.15) is 18.3 Å². The van der Waals surface area contributed by atoms with Crippen LogP contribution in [0.4, 0.5) is 19.0 Å². The van der Waals surface area contributed by atoms with Gasteiger partial charge in [-0.05, 0) is 56.7 Å². The second-order valence-electron chi connectivity index (χ2n) is 10.3. The number of ether oxygens (including phenoxy) is 1. The molecule has 0 atom stereocenters. The zero-order valence-corrected chi connectivity index (χ0v) is 22.7. The van der Waals surface area contributed by atoms with Crippen molar-refractivity contribution >= 4 is 11.7 Å². The molecule has 2 aromatic heterocycles. The molecule has 3 aromatic rings. The minimum Gasteiger partial charge on any atom is -0.358 e. The summed E-state index contributed by atoms with van der Waals surface area (Å²) < 4.78 is 49.5. The van der Waals surface area contributed by atoms with Crippen LogP contribution in [0.5, 0.6) is 0 Å². The van der Waals surface area contributed by atoms with Gasteiger partial charge in [0.15, 0.2) is 11.5 Å². The highest BCUT2D eigenvalue weighted by Crippen LogP contribution is 2.43. The minimum atomic E-state index is -4.41. The average Bonchev–Trinajstić information content (AvgIpc) is 3.56. The number of aromatic nitrogens is 4. The number of halogens is 3. The van der Waals surface area contributed by atoms with E-state index in [4.69, 9.17) is 9.72 Å². The number of carbonyl (C=O) groups excluding carboxylic acids is 1. The lowest BCUT2D eigenvalue weighted by Crippen LogP contribution is -2.49. The van der Waals surface area contributed by atoms with Crippen molar-refractivity contribution < 1.29 is 22.7 Å². The summed E-state index contributed by atoms with van der Waals surface area (Å²) in [5.41, 5.74) is 0.293. The number of carbonyl (C=O) groups is 1. The fourth-order valence-electron chi connectivity index (χ4n) is 5.81. The standard InChI is InChI=1S/C28H35F3N6O2/c1-4-14-35-19-34(5-2)25-23(26(35)38)37(27(39-3)12-7-6-8-13-27)24(33-25)21-16-32-36(18-21)17-20-10-9-11-22(15-20)28(29,30)31/h9-11,15-16,18H,4-8,12-14,17,19H2,1-3H3. The number of rotatable bonds is 8. The molecule has 1 saturated carbocycles. The van der Waals surface area contributed by atoms with Crippen molar-refractivity contribution in [2.45, 2.75) is 70.8 Å². The molecule has 0 unspecified atom stereocenters. The summed E-state index contributed by atoms with van der Waals surface area (Å²) in [5, 5.41) is 4.46. The highest BCUT2D eigenvalue weighted by molar-refractivity contribution is 6.00. The van der Waals surface area contributed by atoms with Crippen LogP contribution in [-0.4, -0.2) is 57.0 Å². The molecule has 210 valence electrons. The lowest BCUT2D eigenvalue weighted by molar-refractivity contribution is -0.137. The van der Waals surface area contributed by atoms with Gasteiger partial charge >= 0.3 is 6.18 Å². The predicted molar refractivity (Wildman–Crippen MR) is 141 cm³/mol. The molecule has 2 aliphatic rings. The number of imidazole rings is 1. The van der Waals surface area contributed by atoms with Gasteiger partial charge in [0, 0.05) is 26.4 Å². The van der Waals surface area contributed by atoms with Crippen LogP contribution < -0.4 is 4.90 Å². The molecular weight excluding hydrogens is 509 g/mol. The maximum atomic E-state index is 13.9. The second kappa shape index (κ2) is 10.7. The summed E-state index contributed by atoms with van der Waals surface area (Å²) in [4.78, 5) is 22.8. The van der Waals surface area contributed by atoms with Crippen molar-refractivity contribution in [1.82, 2.24) is 24.2 Å². The van der Waals surface area contributed by atoms with Crippen LogP contribution in [0.3, 0.4) is 0 Å². The molecule has 0 spiro atoms. The molecule has 1 amide bonds. The van der Waals surface area contributed by atoms with E-state index in [9.17, 15) is 18.0 Å². The van der Waals surface area contributed by atoms with Crippen molar-refractivity contribution in [3.05, 3.63) is 53.5 Å². The van der Waals surface area contributed by atoms with Gasteiger partial charge < -0.3 is 14.5 Å². The quantitative estimate of drug-likeness (QED) is 0.363. The van der Waals surface area contributed by atoms with E-state index in [2.05, 4.69) is 16.9 Å². The van der Waals surface area contributed by atoms with Crippen LogP contribution in [0.1, 0.15) is 74.0 Å². The molecular formula is C28H35F3N6O2. The average molecular weight is 545 g/mol. The van der Waals surface area contributed by atoms with Gasteiger partial charge in [0.05, 0.1) is 30.5 Å². The zero-order valence-electron chi connectivity index (χ0n) is 22.7. The normalized spacial score (nSPS) is 17.5. The fourth-order valence-corrected chi connectivity index (χ4v) is 5.81. The molecule has 39 heavy (non-hydrogen) atoms. The lowest BCUT2D eigenvalue weighted by Gasteiger charge is -2.41. The third-order valence-corrected chi connectivity index (χ3v) is 7.78. The molecule has 0 N–H and O–H groups in total. The summed E-state index contributed by atoms with van der Waals surface area (Å²) in [5.74, 6) is 1.16. The van der Waals surface area contributed by atoms with Crippen LogP contribution in [0, 0.1) is 0 Å². The van der Waals surface area contributed by atoms with E-state index >= 15 is 0 Å². The van der Waals surface area contributed by atoms with Gasteiger partial charge in [0.25, 0.3) is 5.91 Å². The molecule has 8 nitrogen and oxygen atoms in total. The molecule has 0 saturated heterocycles. The maximum Gasteiger partial charge on any atom is 0.416 e. The largest absolute Gasteiger partial charge is 0.416 e. The van der Waals surface area contributed by atoms with Gasteiger partial charge in [-0.1, -0.05) is 25.5 Å². The Morgan fingerprint density at radius 3 is 2.54 bits per heavy atom. The first-order valence-corrected chi connectivity index (χ1v) is 13.6. The Morgan fingerprint density at radius 2 is 1.87 bits per heavy atom. The zero-order chi connectivity index (χ0) is 27.8. The smallest absolute Gasteiger partial charge is 0.358 e. The Bertz CT molecular complexity index is 1330.